The summed E-state index contributed by atoms with van der Waals surface area (Å²) in [5.74, 6) is 0.826. The molecule has 0 radical (unpaired) electrons. The van der Waals surface area contributed by atoms with Gasteiger partial charge in [0.05, 0.1) is 11.3 Å². The second-order valence-corrected chi connectivity index (χ2v) is 6.92. The van der Waals surface area contributed by atoms with Crippen LogP contribution >= 0.6 is 11.6 Å². The quantitative estimate of drug-likeness (QED) is 0.798. The van der Waals surface area contributed by atoms with Crippen molar-refractivity contribution in [3.63, 3.8) is 0 Å². The molecule has 0 saturated carbocycles. The van der Waals surface area contributed by atoms with Gasteiger partial charge in [-0.05, 0) is 43.7 Å². The summed E-state index contributed by atoms with van der Waals surface area (Å²) in [6, 6.07) is 7.75. The number of hydrogen-bond acceptors (Lipinski definition) is 4. The van der Waals surface area contributed by atoms with Crippen molar-refractivity contribution in [2.75, 3.05) is 5.73 Å². The fourth-order valence-corrected chi connectivity index (χ4v) is 3.77. The molecular formula is C14H17ClN2O3S. The number of nitrogens with one attached hydrogen (secondary N) is 1. The normalized spacial score (nSPS) is 13.2. The highest BCUT2D eigenvalue weighted by Crippen LogP contribution is 2.24. The highest BCUT2D eigenvalue weighted by molar-refractivity contribution is 7.89. The minimum absolute atomic E-state index is 0.0308. The Hall–Kier alpha value is -1.50. The Labute approximate surface area is 129 Å². The monoisotopic (exact) mass is 328 g/mol. The summed E-state index contributed by atoms with van der Waals surface area (Å²) in [6.45, 7) is 1.80. The second-order valence-electron chi connectivity index (χ2n) is 4.83. The Balaban J connectivity index is 2.02. The van der Waals surface area contributed by atoms with Crippen molar-refractivity contribution in [3.05, 3.63) is 47.4 Å². The second kappa shape index (κ2) is 6.51. The van der Waals surface area contributed by atoms with Gasteiger partial charge in [0.25, 0.3) is 0 Å². The maximum absolute atomic E-state index is 12.3. The smallest absolute Gasteiger partial charge is 0.242 e. The van der Waals surface area contributed by atoms with Crippen molar-refractivity contribution in [1.82, 2.24) is 4.72 Å². The van der Waals surface area contributed by atoms with E-state index in [1.807, 2.05) is 6.07 Å². The molecule has 0 aliphatic carbocycles. The molecule has 2 aromatic rings. The third kappa shape index (κ3) is 4.23. The lowest BCUT2D eigenvalue weighted by Gasteiger charge is -2.14. The largest absolute Gasteiger partial charge is 0.469 e. The first-order chi connectivity index (χ1) is 9.88. The van der Waals surface area contributed by atoms with Crippen molar-refractivity contribution in [1.29, 1.82) is 0 Å². The molecule has 114 valence electrons. The molecule has 0 saturated heterocycles. The predicted octanol–water partition coefficient (Wildman–Crippen LogP) is 2.81. The van der Waals surface area contributed by atoms with E-state index < -0.39 is 10.0 Å². The molecule has 1 aromatic heterocycles. The van der Waals surface area contributed by atoms with E-state index in [4.69, 9.17) is 21.8 Å². The molecule has 5 nitrogen and oxygen atoms in total. The number of benzene rings is 1. The zero-order valence-electron chi connectivity index (χ0n) is 11.5. The first kappa shape index (κ1) is 15.9. The van der Waals surface area contributed by atoms with Gasteiger partial charge in [0.15, 0.2) is 0 Å². The maximum atomic E-state index is 12.3. The van der Waals surface area contributed by atoms with Crippen molar-refractivity contribution in [3.8, 4) is 0 Å². The number of nitrogen functional groups attached to an aromatic ring is 1. The van der Waals surface area contributed by atoms with Gasteiger partial charge in [-0.1, -0.05) is 11.6 Å². The summed E-state index contributed by atoms with van der Waals surface area (Å²) in [7, 11) is -3.67. The van der Waals surface area contributed by atoms with Crippen LogP contribution in [0.2, 0.25) is 5.02 Å². The van der Waals surface area contributed by atoms with Crippen LogP contribution in [0.5, 0.6) is 0 Å². The zero-order chi connectivity index (χ0) is 15.5. The van der Waals surface area contributed by atoms with E-state index in [0.29, 0.717) is 18.5 Å². The number of aryl methyl sites for hydroxylation is 1. The number of hydrogen-bond donors (Lipinski definition) is 2. The van der Waals surface area contributed by atoms with Gasteiger partial charge in [-0.2, -0.15) is 0 Å². The fourth-order valence-electron chi connectivity index (χ4n) is 1.94. The van der Waals surface area contributed by atoms with Gasteiger partial charge >= 0.3 is 0 Å². The Bertz CT molecular complexity index is 699. The highest BCUT2D eigenvalue weighted by atomic mass is 35.5. The van der Waals surface area contributed by atoms with Gasteiger partial charge in [-0.15, -0.1) is 0 Å². The number of halogens is 1. The maximum Gasteiger partial charge on any atom is 0.242 e. The minimum Gasteiger partial charge on any atom is -0.469 e. The highest BCUT2D eigenvalue weighted by Gasteiger charge is 2.20. The lowest BCUT2D eigenvalue weighted by Crippen LogP contribution is -2.33. The first-order valence-corrected chi connectivity index (χ1v) is 8.34. The van der Waals surface area contributed by atoms with Crippen molar-refractivity contribution >= 4 is 27.3 Å². The Morgan fingerprint density at radius 1 is 1.38 bits per heavy atom. The Morgan fingerprint density at radius 2 is 2.14 bits per heavy atom. The van der Waals surface area contributed by atoms with Crippen LogP contribution < -0.4 is 10.5 Å². The molecule has 7 heteroatoms. The molecule has 2 rings (SSSR count). The number of anilines is 1. The van der Waals surface area contributed by atoms with Crippen LogP contribution in [0.25, 0.3) is 0 Å². The van der Waals surface area contributed by atoms with E-state index in [2.05, 4.69) is 4.72 Å². The molecule has 0 aliphatic rings. The molecule has 0 fully saturated rings. The van der Waals surface area contributed by atoms with E-state index in [1.54, 1.807) is 19.3 Å². The van der Waals surface area contributed by atoms with Crippen LogP contribution in [0.15, 0.2) is 45.9 Å². The molecular weight excluding hydrogens is 312 g/mol. The van der Waals surface area contributed by atoms with E-state index in [-0.39, 0.29) is 16.0 Å². The van der Waals surface area contributed by atoms with Crippen molar-refractivity contribution in [2.24, 2.45) is 0 Å². The third-order valence-corrected chi connectivity index (χ3v) is 5.08. The average molecular weight is 329 g/mol. The van der Waals surface area contributed by atoms with Gasteiger partial charge in [0.2, 0.25) is 10.0 Å². The summed E-state index contributed by atoms with van der Waals surface area (Å²) >= 11 is 5.94. The SMILES string of the molecule is CC(CCc1ccco1)NS(=O)(=O)c1ccc(N)cc1Cl. The van der Waals surface area contributed by atoms with Gasteiger partial charge in [-0.25, -0.2) is 13.1 Å². The lowest BCUT2D eigenvalue weighted by molar-refractivity contribution is 0.480. The topological polar surface area (TPSA) is 85.3 Å². The molecule has 0 amide bonds. The molecule has 21 heavy (non-hydrogen) atoms. The minimum atomic E-state index is -3.67. The van der Waals surface area contributed by atoms with E-state index in [9.17, 15) is 8.42 Å². The Kier molecular flexibility index (Phi) is 4.92. The average Bonchev–Trinajstić information content (AvgIpc) is 2.88. The fraction of sp³-hybridized carbons (Fsp3) is 0.286. The Morgan fingerprint density at radius 3 is 2.76 bits per heavy atom. The van der Waals surface area contributed by atoms with Crippen LogP contribution in [-0.2, 0) is 16.4 Å². The van der Waals surface area contributed by atoms with Gasteiger partial charge in [0, 0.05) is 18.2 Å². The number of rotatable bonds is 6. The van der Waals surface area contributed by atoms with Crippen molar-refractivity contribution < 1.29 is 12.8 Å². The molecule has 1 heterocycles. The molecule has 1 unspecified atom stereocenters. The molecule has 1 atom stereocenters. The molecule has 0 bridgehead atoms. The molecule has 0 aliphatic heterocycles. The van der Waals surface area contributed by atoms with Crippen LogP contribution in [0, 0.1) is 0 Å². The predicted molar refractivity (Wildman–Crippen MR) is 82.7 cm³/mol. The summed E-state index contributed by atoms with van der Waals surface area (Å²) < 4.78 is 32.4. The summed E-state index contributed by atoms with van der Waals surface area (Å²) in [6.07, 6.45) is 2.88. The van der Waals surface area contributed by atoms with Gasteiger partial charge < -0.3 is 10.2 Å². The lowest BCUT2D eigenvalue weighted by atomic mass is 10.2. The summed E-state index contributed by atoms with van der Waals surface area (Å²) in [4.78, 5) is 0.0308. The van der Waals surface area contributed by atoms with Crippen LogP contribution in [0.1, 0.15) is 19.1 Å². The van der Waals surface area contributed by atoms with E-state index in [1.165, 1.54) is 18.2 Å². The van der Waals surface area contributed by atoms with Crippen LogP contribution in [0.3, 0.4) is 0 Å². The van der Waals surface area contributed by atoms with Crippen LogP contribution in [0.4, 0.5) is 5.69 Å². The molecule has 1 aromatic carbocycles. The van der Waals surface area contributed by atoms with Crippen molar-refractivity contribution in [2.45, 2.75) is 30.7 Å². The number of nitrogens with two attached hydrogens (primary N) is 1. The first-order valence-electron chi connectivity index (χ1n) is 6.48. The number of sulfonamides is 1. The van der Waals surface area contributed by atoms with Crippen LogP contribution in [-0.4, -0.2) is 14.5 Å². The molecule has 0 spiro atoms. The van der Waals surface area contributed by atoms with E-state index >= 15 is 0 Å². The van der Waals surface area contributed by atoms with Gasteiger partial charge in [-0.3, -0.25) is 0 Å². The summed E-state index contributed by atoms with van der Waals surface area (Å²) in [5, 5.41) is 0.112. The summed E-state index contributed by atoms with van der Waals surface area (Å²) in [5.41, 5.74) is 5.98. The third-order valence-electron chi connectivity index (χ3n) is 3.01. The van der Waals surface area contributed by atoms with E-state index in [0.717, 1.165) is 5.76 Å². The zero-order valence-corrected chi connectivity index (χ0v) is 13.1. The number of furan rings is 1. The van der Waals surface area contributed by atoms with Gasteiger partial charge in [0.1, 0.15) is 10.7 Å². The molecule has 3 N–H and O–H groups in total. The standard InChI is InChI=1S/C14H17ClN2O3S/c1-10(4-6-12-3-2-8-20-12)17-21(18,19)14-7-5-11(16)9-13(14)15/h2-3,5,7-10,17H,4,6,16H2,1H3.